The Bertz CT molecular complexity index is 534. The first-order chi connectivity index (χ1) is 8.15. The smallest absolute Gasteiger partial charge is 0.238 e. The molecule has 17 heavy (non-hydrogen) atoms. The predicted octanol–water partition coefficient (Wildman–Crippen LogP) is 3.66. The number of halogens is 2. The maximum Gasteiger partial charge on any atom is 0.238 e. The highest BCUT2D eigenvalue weighted by molar-refractivity contribution is 9.10. The minimum Gasteiger partial charge on any atom is -0.471 e. The number of rotatable bonds is 3. The Hall–Kier alpha value is -1.26. The third-order valence-electron chi connectivity index (χ3n) is 2.12. The van der Waals surface area contributed by atoms with Crippen LogP contribution in [0.15, 0.2) is 40.9 Å². The van der Waals surface area contributed by atoms with Crippen LogP contribution in [0.25, 0.3) is 0 Å². The van der Waals surface area contributed by atoms with Gasteiger partial charge < -0.3 is 10.5 Å². The molecule has 0 aliphatic rings. The fourth-order valence-electron chi connectivity index (χ4n) is 1.32. The molecule has 2 N–H and O–H groups in total. The lowest BCUT2D eigenvalue weighted by molar-refractivity contribution is 0.296. The van der Waals surface area contributed by atoms with Crippen LogP contribution in [-0.4, -0.2) is 4.98 Å². The van der Waals surface area contributed by atoms with Gasteiger partial charge in [-0.2, -0.15) is 4.98 Å². The van der Waals surface area contributed by atoms with Crippen molar-refractivity contribution in [3.8, 4) is 5.88 Å². The third-order valence-corrected chi connectivity index (χ3v) is 2.82. The first-order valence-electron chi connectivity index (χ1n) is 4.94. The summed E-state index contributed by atoms with van der Waals surface area (Å²) in [5.74, 6) is 0.359. The molecule has 0 spiro atoms. The van der Waals surface area contributed by atoms with Crippen molar-refractivity contribution in [2.24, 2.45) is 0 Å². The normalized spacial score (nSPS) is 10.2. The van der Waals surface area contributed by atoms with Gasteiger partial charge in [-0.1, -0.05) is 39.7 Å². The van der Waals surface area contributed by atoms with Crippen molar-refractivity contribution in [3.63, 3.8) is 0 Å². The largest absolute Gasteiger partial charge is 0.471 e. The van der Waals surface area contributed by atoms with Crippen LogP contribution < -0.4 is 10.5 Å². The topological polar surface area (TPSA) is 48.1 Å². The van der Waals surface area contributed by atoms with E-state index in [1.807, 2.05) is 24.3 Å². The maximum absolute atomic E-state index is 5.77. The average Bonchev–Trinajstić information content (AvgIpc) is 2.30. The van der Waals surface area contributed by atoms with Gasteiger partial charge in [0.05, 0.1) is 5.69 Å². The quantitative estimate of drug-likeness (QED) is 0.880. The number of aromatic nitrogens is 1. The molecule has 1 aromatic heterocycles. The van der Waals surface area contributed by atoms with E-state index in [1.54, 1.807) is 12.1 Å². The number of hydrogen-bond donors (Lipinski definition) is 1. The van der Waals surface area contributed by atoms with Crippen molar-refractivity contribution in [2.75, 3.05) is 5.73 Å². The number of ether oxygens (including phenoxy) is 1. The van der Waals surface area contributed by atoms with Crippen LogP contribution in [0.4, 0.5) is 5.69 Å². The minimum absolute atomic E-state index is 0.359. The van der Waals surface area contributed by atoms with Crippen LogP contribution in [0, 0.1) is 0 Å². The fraction of sp³-hybridized carbons (Fsp3) is 0.0833. The Labute approximate surface area is 113 Å². The number of nitrogens with two attached hydrogens (primary N) is 1. The summed E-state index contributed by atoms with van der Waals surface area (Å²) in [5.41, 5.74) is 7.23. The second-order valence-corrected chi connectivity index (χ2v) is 4.75. The molecule has 0 bridgehead atoms. The summed E-state index contributed by atoms with van der Waals surface area (Å²) in [5, 5.41) is 0.364. The highest BCUT2D eigenvalue weighted by atomic mass is 79.9. The zero-order valence-corrected chi connectivity index (χ0v) is 11.2. The van der Waals surface area contributed by atoms with Crippen molar-refractivity contribution in [3.05, 3.63) is 51.6 Å². The number of pyridine rings is 1. The van der Waals surface area contributed by atoms with Crippen LogP contribution in [-0.2, 0) is 6.61 Å². The molecule has 0 aliphatic heterocycles. The predicted molar refractivity (Wildman–Crippen MR) is 72.1 cm³/mol. The van der Waals surface area contributed by atoms with E-state index in [2.05, 4.69) is 20.9 Å². The monoisotopic (exact) mass is 312 g/mol. The molecule has 0 saturated carbocycles. The molecule has 0 atom stereocenters. The average molecular weight is 314 g/mol. The van der Waals surface area contributed by atoms with Gasteiger partial charge >= 0.3 is 0 Å². The van der Waals surface area contributed by atoms with E-state index in [9.17, 15) is 0 Å². The molecule has 2 rings (SSSR count). The van der Waals surface area contributed by atoms with E-state index in [-0.39, 0.29) is 0 Å². The van der Waals surface area contributed by atoms with Gasteiger partial charge in [0, 0.05) is 4.47 Å². The molecule has 2 aromatic rings. The number of nitrogen functional groups attached to an aromatic ring is 1. The summed E-state index contributed by atoms with van der Waals surface area (Å²) in [6.45, 7) is 0.400. The van der Waals surface area contributed by atoms with Gasteiger partial charge in [0.25, 0.3) is 0 Å². The van der Waals surface area contributed by atoms with Crippen molar-refractivity contribution in [2.45, 2.75) is 6.61 Å². The van der Waals surface area contributed by atoms with Crippen molar-refractivity contribution < 1.29 is 4.74 Å². The zero-order chi connectivity index (χ0) is 12.3. The molecule has 3 nitrogen and oxygen atoms in total. The Morgan fingerprint density at radius 1 is 1.29 bits per heavy atom. The third kappa shape index (κ3) is 3.35. The molecule has 1 aromatic carbocycles. The Morgan fingerprint density at radius 3 is 2.88 bits per heavy atom. The van der Waals surface area contributed by atoms with Gasteiger partial charge in [-0.3, -0.25) is 0 Å². The van der Waals surface area contributed by atoms with Crippen LogP contribution >= 0.6 is 27.5 Å². The standard InChI is InChI=1S/C12H10BrClN2O/c13-9-3-1-2-8(6-9)7-17-12-10(15)4-5-11(14)16-12/h1-6H,7,15H2. The SMILES string of the molecule is Nc1ccc(Cl)nc1OCc1cccc(Br)c1. The molecule has 0 radical (unpaired) electrons. The van der Waals surface area contributed by atoms with Crippen molar-refractivity contribution in [1.29, 1.82) is 0 Å². The highest BCUT2D eigenvalue weighted by Gasteiger charge is 2.04. The molecule has 88 valence electrons. The second kappa shape index (κ2) is 5.38. The van der Waals surface area contributed by atoms with Crippen LogP contribution in [0.1, 0.15) is 5.56 Å². The van der Waals surface area contributed by atoms with Gasteiger partial charge in [0.2, 0.25) is 5.88 Å². The Balaban J connectivity index is 2.09. The van der Waals surface area contributed by atoms with E-state index in [1.165, 1.54) is 0 Å². The molecular weight excluding hydrogens is 304 g/mol. The highest BCUT2D eigenvalue weighted by Crippen LogP contribution is 2.22. The summed E-state index contributed by atoms with van der Waals surface area (Å²) >= 11 is 9.17. The number of benzene rings is 1. The number of nitrogens with zero attached hydrogens (tertiary/aromatic N) is 1. The lowest BCUT2D eigenvalue weighted by atomic mass is 10.2. The lowest BCUT2D eigenvalue weighted by Gasteiger charge is -2.08. The second-order valence-electron chi connectivity index (χ2n) is 3.45. The summed E-state index contributed by atoms with van der Waals surface area (Å²) < 4.78 is 6.52. The molecule has 1 heterocycles. The fourth-order valence-corrected chi connectivity index (χ4v) is 1.91. The Morgan fingerprint density at radius 2 is 2.12 bits per heavy atom. The first-order valence-corrected chi connectivity index (χ1v) is 6.11. The van der Waals surface area contributed by atoms with E-state index in [0.29, 0.717) is 23.3 Å². The number of hydrogen-bond acceptors (Lipinski definition) is 3. The molecule has 0 saturated heterocycles. The zero-order valence-electron chi connectivity index (χ0n) is 8.86. The van der Waals surface area contributed by atoms with Gasteiger partial charge in [-0.15, -0.1) is 0 Å². The Kier molecular flexibility index (Phi) is 3.86. The van der Waals surface area contributed by atoms with E-state index in [4.69, 9.17) is 22.1 Å². The summed E-state index contributed by atoms with van der Waals surface area (Å²) in [4.78, 5) is 4.02. The van der Waals surface area contributed by atoms with E-state index in [0.717, 1.165) is 10.0 Å². The van der Waals surface area contributed by atoms with Gasteiger partial charge in [-0.05, 0) is 29.8 Å². The van der Waals surface area contributed by atoms with E-state index >= 15 is 0 Å². The van der Waals surface area contributed by atoms with Crippen molar-refractivity contribution in [1.82, 2.24) is 4.98 Å². The summed E-state index contributed by atoms with van der Waals surface area (Å²) in [7, 11) is 0. The summed E-state index contributed by atoms with van der Waals surface area (Å²) in [6.07, 6.45) is 0. The van der Waals surface area contributed by atoms with Crippen LogP contribution in [0.5, 0.6) is 5.88 Å². The molecule has 0 unspecified atom stereocenters. The molecule has 0 fully saturated rings. The lowest BCUT2D eigenvalue weighted by Crippen LogP contribution is -2.00. The van der Waals surface area contributed by atoms with Gasteiger partial charge in [0.1, 0.15) is 11.8 Å². The molecule has 0 aliphatic carbocycles. The van der Waals surface area contributed by atoms with E-state index < -0.39 is 0 Å². The molecule has 0 amide bonds. The maximum atomic E-state index is 5.77. The minimum atomic E-state index is 0.359. The first kappa shape index (κ1) is 12.2. The molecular formula is C12H10BrClN2O. The summed E-state index contributed by atoms with van der Waals surface area (Å²) in [6, 6.07) is 11.1. The molecule has 5 heteroatoms. The van der Waals surface area contributed by atoms with Crippen molar-refractivity contribution >= 4 is 33.2 Å². The van der Waals surface area contributed by atoms with Gasteiger partial charge in [0.15, 0.2) is 0 Å². The van der Waals surface area contributed by atoms with Crippen LogP contribution in [0.2, 0.25) is 5.15 Å². The number of anilines is 1. The van der Waals surface area contributed by atoms with Gasteiger partial charge in [-0.25, -0.2) is 0 Å². The van der Waals surface area contributed by atoms with Crippen LogP contribution in [0.3, 0.4) is 0 Å².